The van der Waals surface area contributed by atoms with Crippen molar-refractivity contribution in [1.82, 2.24) is 10.2 Å². The molecule has 2 aromatic rings. The summed E-state index contributed by atoms with van der Waals surface area (Å²) >= 11 is 0. The predicted molar refractivity (Wildman–Crippen MR) is 77.1 cm³/mol. The quantitative estimate of drug-likeness (QED) is 0.721. The first-order valence-corrected chi connectivity index (χ1v) is 6.62. The second-order valence-corrected chi connectivity index (χ2v) is 4.96. The number of phenols is 1. The van der Waals surface area contributed by atoms with Gasteiger partial charge in [-0.15, -0.1) is 5.10 Å². The lowest BCUT2D eigenvalue weighted by atomic mass is 9.83. The van der Waals surface area contributed by atoms with Gasteiger partial charge in [0.05, 0.1) is 13.0 Å². The van der Waals surface area contributed by atoms with Crippen molar-refractivity contribution >= 4 is 5.97 Å². The fraction of sp³-hybridized carbons (Fsp3) is 0.200. The van der Waals surface area contributed by atoms with E-state index in [0.29, 0.717) is 5.88 Å². The van der Waals surface area contributed by atoms with Crippen LogP contribution in [0.4, 0.5) is 0 Å². The molecule has 1 aromatic carbocycles. The Morgan fingerprint density at radius 3 is 2.73 bits per heavy atom. The number of aryl methyl sites for hydroxylation is 1. The topological polar surface area (TPSA) is 110 Å². The Kier molecular flexibility index (Phi) is 3.25. The number of aromatic nitrogens is 2. The molecular formula is C15H15N3O4. The van der Waals surface area contributed by atoms with E-state index < -0.39 is 11.9 Å². The predicted octanol–water partition coefficient (Wildman–Crippen LogP) is 1.29. The third kappa shape index (κ3) is 2.07. The average molecular weight is 301 g/mol. The van der Waals surface area contributed by atoms with Crippen LogP contribution in [-0.4, -0.2) is 28.4 Å². The fourth-order valence-corrected chi connectivity index (χ4v) is 2.61. The van der Waals surface area contributed by atoms with Crippen LogP contribution in [0.1, 0.15) is 22.7 Å². The number of carbonyl (C=O) groups is 1. The third-order valence-corrected chi connectivity index (χ3v) is 3.64. The van der Waals surface area contributed by atoms with E-state index >= 15 is 0 Å². The largest absolute Gasteiger partial charge is 0.508 e. The Morgan fingerprint density at radius 2 is 2.09 bits per heavy atom. The number of carbonyl (C=O) groups excluding carboxylic acids is 1. The molecule has 7 nitrogen and oxygen atoms in total. The number of esters is 1. The van der Waals surface area contributed by atoms with Gasteiger partial charge in [-0.2, -0.15) is 0 Å². The Bertz CT molecular complexity index is 762. The van der Waals surface area contributed by atoms with Crippen molar-refractivity contribution in [2.45, 2.75) is 12.8 Å². The van der Waals surface area contributed by atoms with Gasteiger partial charge in [0.15, 0.2) is 0 Å². The van der Waals surface area contributed by atoms with Crippen molar-refractivity contribution in [3.05, 3.63) is 52.5 Å². The van der Waals surface area contributed by atoms with Gasteiger partial charge in [0.25, 0.3) is 0 Å². The molecule has 1 atom stereocenters. The van der Waals surface area contributed by atoms with Gasteiger partial charge in [0.1, 0.15) is 11.3 Å². The first-order valence-electron chi connectivity index (χ1n) is 6.62. The molecule has 1 aliphatic rings. The van der Waals surface area contributed by atoms with E-state index in [0.717, 1.165) is 16.8 Å². The summed E-state index contributed by atoms with van der Waals surface area (Å²) in [6, 6.07) is 6.53. The van der Waals surface area contributed by atoms with Gasteiger partial charge in [0.2, 0.25) is 11.8 Å². The smallest absolute Gasteiger partial charge is 0.340 e. The molecule has 0 radical (unpaired) electrons. The molecule has 22 heavy (non-hydrogen) atoms. The minimum atomic E-state index is -0.568. The number of phenolic OH excluding ortho intramolecular Hbond substituents is 1. The second-order valence-electron chi connectivity index (χ2n) is 4.96. The molecular weight excluding hydrogens is 286 g/mol. The molecule has 3 rings (SSSR count). The SMILES string of the molecule is COC(=O)C1=C(N)Oc2n[nH]c(C)c2[C@@H]1c1ccc(O)cc1. The van der Waals surface area contributed by atoms with Gasteiger partial charge in [-0.05, 0) is 24.6 Å². The number of aromatic amines is 1. The van der Waals surface area contributed by atoms with E-state index in [1.807, 2.05) is 6.92 Å². The van der Waals surface area contributed by atoms with Gasteiger partial charge in [-0.25, -0.2) is 4.79 Å². The van der Waals surface area contributed by atoms with Crippen LogP contribution >= 0.6 is 0 Å². The lowest BCUT2D eigenvalue weighted by Gasteiger charge is -2.25. The number of H-pyrrole nitrogens is 1. The van der Waals surface area contributed by atoms with Crippen LogP contribution in [-0.2, 0) is 9.53 Å². The van der Waals surface area contributed by atoms with Gasteiger partial charge in [-0.1, -0.05) is 12.1 Å². The van der Waals surface area contributed by atoms with E-state index in [1.165, 1.54) is 7.11 Å². The van der Waals surface area contributed by atoms with Crippen LogP contribution in [0.15, 0.2) is 35.7 Å². The summed E-state index contributed by atoms with van der Waals surface area (Å²) in [6.45, 7) is 1.83. The van der Waals surface area contributed by atoms with Crippen molar-refractivity contribution < 1.29 is 19.4 Å². The second kappa shape index (κ2) is 5.10. The Morgan fingerprint density at radius 1 is 1.41 bits per heavy atom. The molecule has 2 heterocycles. The normalized spacial score (nSPS) is 16.9. The number of nitrogens with one attached hydrogen (secondary N) is 1. The van der Waals surface area contributed by atoms with Crippen LogP contribution in [0.25, 0.3) is 0 Å². The molecule has 0 bridgehead atoms. The number of methoxy groups -OCH3 is 1. The Hall–Kier alpha value is -2.96. The zero-order chi connectivity index (χ0) is 15.9. The number of nitrogens with two attached hydrogens (primary N) is 1. The molecule has 0 amide bonds. The van der Waals surface area contributed by atoms with Crippen molar-refractivity contribution in [1.29, 1.82) is 0 Å². The van der Waals surface area contributed by atoms with Crippen molar-refractivity contribution in [2.24, 2.45) is 5.73 Å². The summed E-state index contributed by atoms with van der Waals surface area (Å²) in [5.41, 5.74) is 8.37. The van der Waals surface area contributed by atoms with Crippen LogP contribution in [0.5, 0.6) is 11.6 Å². The maximum atomic E-state index is 12.2. The zero-order valence-electron chi connectivity index (χ0n) is 12.1. The minimum Gasteiger partial charge on any atom is -0.508 e. The summed E-state index contributed by atoms with van der Waals surface area (Å²) < 4.78 is 10.3. The molecule has 114 valence electrons. The maximum Gasteiger partial charge on any atom is 0.340 e. The van der Waals surface area contributed by atoms with Crippen LogP contribution in [0, 0.1) is 6.92 Å². The number of nitrogens with zero attached hydrogens (tertiary/aromatic N) is 1. The molecule has 1 aliphatic heterocycles. The van der Waals surface area contributed by atoms with Crippen molar-refractivity contribution in [2.75, 3.05) is 7.11 Å². The summed E-state index contributed by atoms with van der Waals surface area (Å²) in [5, 5.41) is 16.4. The molecule has 0 spiro atoms. The van der Waals surface area contributed by atoms with E-state index in [2.05, 4.69) is 10.2 Å². The number of hydrogen-bond acceptors (Lipinski definition) is 6. The standard InChI is InChI=1S/C15H15N3O4/c1-7-10-11(8-3-5-9(19)6-4-8)12(15(20)21-2)13(16)22-14(10)18-17-7/h3-6,11,19H,16H2,1-2H3,(H,17,18)/t11-/m0/s1. The fourth-order valence-electron chi connectivity index (χ4n) is 2.61. The number of rotatable bonds is 2. The van der Waals surface area contributed by atoms with E-state index in [9.17, 15) is 9.90 Å². The minimum absolute atomic E-state index is 0.0380. The van der Waals surface area contributed by atoms with Gasteiger partial charge in [0, 0.05) is 11.3 Å². The molecule has 0 saturated heterocycles. The van der Waals surface area contributed by atoms with E-state index in [1.54, 1.807) is 24.3 Å². The molecule has 0 fully saturated rings. The Labute approximate surface area is 126 Å². The highest BCUT2D eigenvalue weighted by Crippen LogP contribution is 2.43. The number of hydrogen-bond donors (Lipinski definition) is 3. The van der Waals surface area contributed by atoms with Gasteiger partial charge in [-0.3, -0.25) is 5.10 Å². The summed E-state index contributed by atoms with van der Waals surface area (Å²) in [6.07, 6.45) is 0. The summed E-state index contributed by atoms with van der Waals surface area (Å²) in [4.78, 5) is 12.2. The van der Waals surface area contributed by atoms with Crippen LogP contribution in [0.3, 0.4) is 0 Å². The third-order valence-electron chi connectivity index (χ3n) is 3.64. The van der Waals surface area contributed by atoms with Crippen molar-refractivity contribution in [3.8, 4) is 11.6 Å². The number of fused-ring (bicyclic) bond motifs is 1. The molecule has 7 heteroatoms. The highest BCUT2D eigenvalue weighted by atomic mass is 16.5. The van der Waals surface area contributed by atoms with Gasteiger partial charge < -0.3 is 20.3 Å². The van der Waals surface area contributed by atoms with Crippen LogP contribution < -0.4 is 10.5 Å². The van der Waals surface area contributed by atoms with Crippen molar-refractivity contribution in [3.63, 3.8) is 0 Å². The maximum absolute atomic E-state index is 12.2. The van der Waals surface area contributed by atoms with Gasteiger partial charge >= 0.3 is 5.97 Å². The molecule has 0 saturated carbocycles. The Balaban J connectivity index is 2.22. The van der Waals surface area contributed by atoms with Crippen LogP contribution in [0.2, 0.25) is 0 Å². The lowest BCUT2D eigenvalue weighted by Crippen LogP contribution is -2.26. The molecule has 1 aromatic heterocycles. The first kappa shape index (κ1) is 14.0. The van der Waals surface area contributed by atoms with E-state index in [-0.39, 0.29) is 17.2 Å². The summed E-state index contributed by atoms with van der Waals surface area (Å²) in [7, 11) is 1.29. The molecule has 0 aliphatic carbocycles. The number of aromatic hydroxyl groups is 1. The highest BCUT2D eigenvalue weighted by Gasteiger charge is 2.38. The molecule has 4 N–H and O–H groups in total. The highest BCUT2D eigenvalue weighted by molar-refractivity contribution is 5.92. The lowest BCUT2D eigenvalue weighted by molar-refractivity contribution is -0.136. The molecule has 0 unspecified atom stereocenters. The monoisotopic (exact) mass is 301 g/mol. The first-order chi connectivity index (χ1) is 10.5. The summed E-state index contributed by atoms with van der Waals surface area (Å²) in [5.74, 6) is -0.612. The number of benzene rings is 1. The van der Waals surface area contributed by atoms with E-state index in [4.69, 9.17) is 15.2 Å². The average Bonchev–Trinajstić information content (AvgIpc) is 2.87. The number of ether oxygens (including phenoxy) is 2. The zero-order valence-corrected chi connectivity index (χ0v) is 12.1.